The molecule has 0 amide bonds. The standard InChI is InChI=1S/C25H19I6NO4/c1-14-3-2-4-16(11-14)32(7-9-35-24(33)17-12-15(26)13-20(29)22(17)30)8-10-36-25(34)21-18(27)5-6-19(28)23(21)31/h2-6,11-13H,7-10H2,1H3. The fourth-order valence-electron chi connectivity index (χ4n) is 3.26. The number of carbonyl (C=O) groups is 2. The molecule has 0 fully saturated rings. The van der Waals surface area contributed by atoms with Crippen LogP contribution in [0.15, 0.2) is 48.5 Å². The molecule has 0 N–H and O–H groups in total. The number of carbonyl (C=O) groups excluding carboxylic acids is 2. The maximum absolute atomic E-state index is 12.8. The Morgan fingerprint density at radius 1 is 0.750 bits per heavy atom. The Kier molecular flexibility index (Phi) is 13.0. The summed E-state index contributed by atoms with van der Waals surface area (Å²) in [6.07, 6.45) is 0. The van der Waals surface area contributed by atoms with Crippen molar-refractivity contribution in [3.63, 3.8) is 0 Å². The van der Waals surface area contributed by atoms with Gasteiger partial charge in [0.25, 0.3) is 0 Å². The van der Waals surface area contributed by atoms with Crippen LogP contribution in [0.1, 0.15) is 26.3 Å². The maximum atomic E-state index is 12.8. The number of anilines is 1. The molecule has 3 aromatic carbocycles. The highest BCUT2D eigenvalue weighted by Gasteiger charge is 2.19. The van der Waals surface area contributed by atoms with Gasteiger partial charge in [-0.3, -0.25) is 0 Å². The molecule has 0 saturated heterocycles. The van der Waals surface area contributed by atoms with E-state index in [1.165, 1.54) is 0 Å². The van der Waals surface area contributed by atoms with Gasteiger partial charge < -0.3 is 14.4 Å². The number of nitrogens with zero attached hydrogens (tertiary/aromatic N) is 1. The molecule has 0 spiro atoms. The molecule has 0 radical (unpaired) electrons. The Labute approximate surface area is 292 Å². The predicted octanol–water partition coefficient (Wildman–Crippen LogP) is 8.14. The highest BCUT2D eigenvalue weighted by molar-refractivity contribution is 14.1. The number of aryl methyl sites for hydroxylation is 1. The van der Waals surface area contributed by atoms with E-state index in [1.54, 1.807) is 0 Å². The van der Waals surface area contributed by atoms with Crippen molar-refractivity contribution in [3.05, 3.63) is 86.6 Å². The van der Waals surface area contributed by atoms with E-state index in [2.05, 4.69) is 147 Å². The molecule has 0 aromatic heterocycles. The molecule has 0 atom stereocenters. The molecule has 190 valence electrons. The predicted molar refractivity (Wildman–Crippen MR) is 193 cm³/mol. The van der Waals surface area contributed by atoms with Crippen LogP contribution in [0.3, 0.4) is 0 Å². The first-order chi connectivity index (χ1) is 17.1. The highest BCUT2D eigenvalue weighted by atomic mass is 127. The van der Waals surface area contributed by atoms with Gasteiger partial charge in [0.1, 0.15) is 13.2 Å². The van der Waals surface area contributed by atoms with Gasteiger partial charge in [0.2, 0.25) is 0 Å². The van der Waals surface area contributed by atoms with E-state index in [4.69, 9.17) is 9.47 Å². The second-order valence-electron chi connectivity index (χ2n) is 7.57. The number of esters is 2. The van der Waals surface area contributed by atoms with Crippen LogP contribution in [0.4, 0.5) is 5.69 Å². The zero-order chi connectivity index (χ0) is 26.4. The molecule has 0 aliphatic heterocycles. The molecule has 0 aliphatic carbocycles. The normalized spacial score (nSPS) is 10.8. The molecule has 11 heteroatoms. The lowest BCUT2D eigenvalue weighted by Crippen LogP contribution is -2.32. The summed E-state index contributed by atoms with van der Waals surface area (Å²) in [6, 6.07) is 15.9. The van der Waals surface area contributed by atoms with Crippen LogP contribution in [0.5, 0.6) is 0 Å². The molecule has 0 bridgehead atoms. The second kappa shape index (κ2) is 15.0. The molecule has 0 unspecified atom stereocenters. The maximum Gasteiger partial charge on any atom is 0.340 e. The Bertz CT molecular complexity index is 1280. The fraction of sp³-hybridized carbons (Fsp3) is 0.200. The summed E-state index contributed by atoms with van der Waals surface area (Å²) in [5.74, 6) is -0.671. The summed E-state index contributed by atoms with van der Waals surface area (Å²) in [4.78, 5) is 27.7. The zero-order valence-corrected chi connectivity index (χ0v) is 31.7. The Balaban J connectivity index is 1.66. The minimum atomic E-state index is -0.339. The minimum Gasteiger partial charge on any atom is -0.460 e. The van der Waals surface area contributed by atoms with Crippen LogP contribution in [-0.2, 0) is 9.47 Å². The highest BCUT2D eigenvalue weighted by Crippen LogP contribution is 2.26. The van der Waals surface area contributed by atoms with Gasteiger partial charge in [-0.25, -0.2) is 9.59 Å². The molecule has 3 rings (SSSR count). The third-order valence-corrected chi connectivity index (χ3v) is 12.6. The van der Waals surface area contributed by atoms with E-state index in [0.717, 1.165) is 32.7 Å². The van der Waals surface area contributed by atoms with Gasteiger partial charge in [-0.2, -0.15) is 0 Å². The minimum absolute atomic E-state index is 0.214. The summed E-state index contributed by atoms with van der Waals surface area (Å²) in [5, 5.41) is 0. The number of halogens is 6. The average Bonchev–Trinajstić information content (AvgIpc) is 2.82. The van der Waals surface area contributed by atoms with Crippen molar-refractivity contribution in [1.29, 1.82) is 0 Å². The lowest BCUT2D eigenvalue weighted by Gasteiger charge is -2.25. The Morgan fingerprint density at radius 3 is 2.06 bits per heavy atom. The third-order valence-electron chi connectivity index (χ3n) is 5.02. The summed E-state index contributed by atoms with van der Waals surface area (Å²) < 4.78 is 17.0. The van der Waals surface area contributed by atoms with E-state index < -0.39 is 0 Å². The van der Waals surface area contributed by atoms with Gasteiger partial charge in [0, 0.05) is 27.1 Å². The molecule has 0 saturated carbocycles. The van der Waals surface area contributed by atoms with Crippen molar-refractivity contribution < 1.29 is 19.1 Å². The number of rotatable bonds is 9. The van der Waals surface area contributed by atoms with Gasteiger partial charge in [0.05, 0.1) is 24.2 Å². The van der Waals surface area contributed by atoms with Crippen LogP contribution >= 0.6 is 136 Å². The molecule has 3 aromatic rings. The van der Waals surface area contributed by atoms with Gasteiger partial charge in [0.15, 0.2) is 0 Å². The number of hydrogen-bond acceptors (Lipinski definition) is 5. The Hall–Kier alpha value is 0.780. The van der Waals surface area contributed by atoms with Crippen LogP contribution < -0.4 is 4.90 Å². The summed E-state index contributed by atoms with van der Waals surface area (Å²) in [6.45, 7) is 3.41. The lowest BCUT2D eigenvalue weighted by molar-refractivity contribution is 0.0502. The van der Waals surface area contributed by atoms with Crippen LogP contribution in [0.25, 0.3) is 0 Å². The van der Waals surface area contributed by atoms with E-state index in [-0.39, 0.29) is 25.2 Å². The second-order valence-corrected chi connectivity index (χ2v) is 14.5. The smallest absolute Gasteiger partial charge is 0.340 e. The third kappa shape index (κ3) is 8.64. The molecular formula is C25H19I6NO4. The summed E-state index contributed by atoms with van der Waals surface area (Å²) >= 11 is 13.2. The average molecular weight is 1160 g/mol. The van der Waals surface area contributed by atoms with E-state index >= 15 is 0 Å². The van der Waals surface area contributed by atoms with E-state index in [0.29, 0.717) is 24.2 Å². The number of benzene rings is 3. The van der Waals surface area contributed by atoms with Crippen molar-refractivity contribution in [3.8, 4) is 0 Å². The fourth-order valence-corrected chi connectivity index (χ4v) is 7.96. The van der Waals surface area contributed by atoms with Crippen molar-refractivity contribution >= 4 is 153 Å². The first-order valence-corrected chi connectivity index (χ1v) is 17.0. The largest absolute Gasteiger partial charge is 0.460 e. The molecule has 5 nitrogen and oxygen atoms in total. The van der Waals surface area contributed by atoms with E-state index in [1.807, 2.05) is 49.4 Å². The SMILES string of the molecule is Cc1cccc(N(CCOC(=O)c2cc(I)cc(I)c2I)CCOC(=O)c2c(I)ccc(I)c2I)c1. The Morgan fingerprint density at radius 2 is 1.39 bits per heavy atom. The first-order valence-electron chi connectivity index (χ1n) is 10.5. The van der Waals surface area contributed by atoms with Crippen LogP contribution in [0.2, 0.25) is 0 Å². The molecule has 0 aliphatic rings. The van der Waals surface area contributed by atoms with Gasteiger partial charge in [-0.15, -0.1) is 0 Å². The van der Waals surface area contributed by atoms with Crippen molar-refractivity contribution in [2.75, 3.05) is 31.2 Å². The lowest BCUT2D eigenvalue weighted by atomic mass is 10.2. The monoisotopic (exact) mass is 1160 g/mol. The molecule has 0 heterocycles. The summed E-state index contributed by atoms with van der Waals surface area (Å²) in [7, 11) is 0. The van der Waals surface area contributed by atoms with Crippen LogP contribution in [-0.4, -0.2) is 38.2 Å². The van der Waals surface area contributed by atoms with Gasteiger partial charge >= 0.3 is 11.9 Å². The topological polar surface area (TPSA) is 55.8 Å². The first kappa shape index (κ1) is 31.3. The van der Waals surface area contributed by atoms with Crippen molar-refractivity contribution in [1.82, 2.24) is 0 Å². The van der Waals surface area contributed by atoms with Crippen molar-refractivity contribution in [2.24, 2.45) is 0 Å². The van der Waals surface area contributed by atoms with E-state index in [9.17, 15) is 9.59 Å². The summed E-state index contributed by atoms with van der Waals surface area (Å²) in [5.41, 5.74) is 3.28. The number of ether oxygens (including phenoxy) is 2. The zero-order valence-electron chi connectivity index (χ0n) is 18.8. The van der Waals surface area contributed by atoms with Crippen LogP contribution in [0, 0.1) is 28.3 Å². The molecule has 36 heavy (non-hydrogen) atoms. The van der Waals surface area contributed by atoms with Crippen molar-refractivity contribution in [2.45, 2.75) is 6.92 Å². The molecular weight excluding hydrogens is 1140 g/mol. The number of hydrogen-bond donors (Lipinski definition) is 0. The van der Waals surface area contributed by atoms with Gasteiger partial charge in [-0.1, -0.05) is 12.1 Å². The quantitative estimate of drug-likeness (QED) is 0.123. The van der Waals surface area contributed by atoms with Gasteiger partial charge in [-0.05, 0) is 184 Å².